The Hall–Kier alpha value is -4.48. The second-order valence-electron chi connectivity index (χ2n) is 10.2. The first kappa shape index (κ1) is 30.0. The van der Waals surface area contributed by atoms with E-state index in [2.05, 4.69) is 4.90 Å². The fourth-order valence-corrected chi connectivity index (χ4v) is 5.59. The highest BCUT2D eigenvalue weighted by Crippen LogP contribution is 2.39. The first-order valence-electron chi connectivity index (χ1n) is 13.8. The van der Waals surface area contributed by atoms with Crippen molar-refractivity contribution in [2.75, 3.05) is 43.1 Å². The summed E-state index contributed by atoms with van der Waals surface area (Å²) in [6.07, 6.45) is 5.08. The zero-order valence-electron chi connectivity index (χ0n) is 23.5. The average molecular weight is 604 g/mol. The number of carbonyl (C=O) groups excluding carboxylic acids is 4. The molecule has 2 aliphatic heterocycles. The smallest absolute Gasteiger partial charge is 0.336 e. The molecule has 2 N–H and O–H groups in total. The predicted molar refractivity (Wildman–Crippen MR) is 161 cm³/mol. The van der Waals surface area contributed by atoms with E-state index in [4.69, 9.17) is 15.2 Å². The van der Waals surface area contributed by atoms with Crippen LogP contribution >= 0.6 is 11.8 Å². The summed E-state index contributed by atoms with van der Waals surface area (Å²) < 4.78 is 24.0. The van der Waals surface area contributed by atoms with Gasteiger partial charge in [-0.2, -0.15) is 0 Å². The molecule has 9 nitrogen and oxygen atoms in total. The van der Waals surface area contributed by atoms with Crippen LogP contribution in [-0.4, -0.2) is 61.0 Å². The molecule has 0 spiro atoms. The standard InChI is InChI=1S/C32H30FN3O6S/c1-43-24-4-2-3-23(19-24)36(18-17-35-15-13-21(14-16-35)29(39)20-5-7-22(33)8-6-20)32(40)25-9-10-26(34)31-30(25)41-27(37)11-12-28(38)42-31/h2-12,19,21H,13-18,34H2,1H3/b12-11+. The van der Waals surface area contributed by atoms with Crippen molar-refractivity contribution in [2.24, 2.45) is 5.92 Å². The molecule has 0 atom stereocenters. The lowest BCUT2D eigenvalue weighted by Crippen LogP contribution is -2.43. The molecule has 3 aromatic carbocycles. The minimum Gasteiger partial charge on any atom is -0.418 e. The van der Waals surface area contributed by atoms with Gasteiger partial charge in [-0.1, -0.05) is 6.07 Å². The Morgan fingerprint density at radius 2 is 1.65 bits per heavy atom. The summed E-state index contributed by atoms with van der Waals surface area (Å²) in [6, 6.07) is 16.0. The fourth-order valence-electron chi connectivity index (χ4n) is 5.14. The number of esters is 2. The van der Waals surface area contributed by atoms with Crippen LogP contribution < -0.4 is 20.1 Å². The molecule has 1 amide bonds. The van der Waals surface area contributed by atoms with Gasteiger partial charge in [0.1, 0.15) is 5.82 Å². The number of halogens is 1. The molecule has 11 heteroatoms. The lowest BCUT2D eigenvalue weighted by Gasteiger charge is -2.33. The molecular formula is C32H30FN3O6S. The Labute approximate surface area is 252 Å². The first-order chi connectivity index (χ1) is 20.7. The van der Waals surface area contributed by atoms with Crippen molar-refractivity contribution in [1.29, 1.82) is 0 Å². The number of rotatable bonds is 8. The molecule has 0 unspecified atom stereocenters. The number of nitrogens with zero attached hydrogens (tertiary/aromatic N) is 2. The van der Waals surface area contributed by atoms with Crippen LogP contribution in [0.4, 0.5) is 15.8 Å². The summed E-state index contributed by atoms with van der Waals surface area (Å²) in [5.74, 6) is -3.07. The molecule has 0 radical (unpaired) electrons. The van der Waals surface area contributed by atoms with Gasteiger partial charge in [0.2, 0.25) is 0 Å². The zero-order valence-corrected chi connectivity index (χ0v) is 24.3. The van der Waals surface area contributed by atoms with Gasteiger partial charge in [0.05, 0.1) is 11.3 Å². The van der Waals surface area contributed by atoms with Crippen molar-refractivity contribution in [3.63, 3.8) is 0 Å². The average Bonchev–Trinajstić information content (AvgIpc) is 3.01. The van der Waals surface area contributed by atoms with E-state index < -0.39 is 17.8 Å². The summed E-state index contributed by atoms with van der Waals surface area (Å²) in [4.78, 5) is 56.3. The highest BCUT2D eigenvalue weighted by Gasteiger charge is 2.30. The molecule has 2 heterocycles. The van der Waals surface area contributed by atoms with Crippen molar-refractivity contribution in [3.8, 4) is 11.5 Å². The van der Waals surface area contributed by atoms with Crippen molar-refractivity contribution in [2.45, 2.75) is 17.7 Å². The van der Waals surface area contributed by atoms with Crippen LogP contribution in [0.15, 0.2) is 77.7 Å². The molecule has 1 fully saturated rings. The Bertz CT molecular complexity index is 1580. The Balaban J connectivity index is 1.36. The van der Waals surface area contributed by atoms with Crippen LogP contribution in [0, 0.1) is 11.7 Å². The van der Waals surface area contributed by atoms with E-state index in [1.807, 2.05) is 30.5 Å². The summed E-state index contributed by atoms with van der Waals surface area (Å²) in [5.41, 5.74) is 7.22. The number of ether oxygens (including phenoxy) is 2. The van der Waals surface area contributed by atoms with E-state index in [-0.39, 0.29) is 40.3 Å². The largest absolute Gasteiger partial charge is 0.418 e. The number of piperidine rings is 1. The summed E-state index contributed by atoms with van der Waals surface area (Å²) in [5, 5.41) is 0. The van der Waals surface area contributed by atoms with E-state index in [1.54, 1.807) is 4.90 Å². The van der Waals surface area contributed by atoms with Crippen molar-refractivity contribution >= 4 is 46.8 Å². The maximum Gasteiger partial charge on any atom is 0.336 e. The van der Waals surface area contributed by atoms with Gasteiger partial charge in [-0.3, -0.25) is 9.59 Å². The van der Waals surface area contributed by atoms with Gasteiger partial charge in [0.25, 0.3) is 5.91 Å². The molecule has 5 rings (SSSR count). The maximum absolute atomic E-state index is 14.1. The number of thioether (sulfide) groups is 1. The van der Waals surface area contributed by atoms with Gasteiger partial charge < -0.3 is 25.0 Å². The third-order valence-electron chi connectivity index (χ3n) is 7.47. The quantitative estimate of drug-likeness (QED) is 0.128. The number of carbonyl (C=O) groups is 4. The minimum absolute atomic E-state index is 0.00951. The third-order valence-corrected chi connectivity index (χ3v) is 8.20. The topological polar surface area (TPSA) is 119 Å². The van der Waals surface area contributed by atoms with E-state index in [1.165, 1.54) is 48.2 Å². The van der Waals surface area contributed by atoms with Crippen LogP contribution in [0.25, 0.3) is 0 Å². The van der Waals surface area contributed by atoms with Crippen LogP contribution in [0.2, 0.25) is 0 Å². The van der Waals surface area contributed by atoms with Crippen LogP contribution in [0.5, 0.6) is 11.5 Å². The SMILES string of the molecule is CSc1cccc(N(CCN2CCC(C(=O)c3ccc(F)cc3)CC2)C(=O)c2ccc(N)c3c2OC(=O)/C=C/C(=O)O3)c1. The summed E-state index contributed by atoms with van der Waals surface area (Å²) in [6.45, 7) is 2.12. The number of fused-ring (bicyclic) bond motifs is 1. The number of anilines is 2. The normalized spacial score (nSPS) is 16.3. The van der Waals surface area contributed by atoms with Crippen LogP contribution in [0.3, 0.4) is 0 Å². The van der Waals surface area contributed by atoms with Crippen LogP contribution in [-0.2, 0) is 9.59 Å². The summed E-state index contributed by atoms with van der Waals surface area (Å²) >= 11 is 1.53. The number of Topliss-reactive ketones (excluding diaryl/α,β-unsaturated/α-hetero) is 1. The molecule has 3 aromatic rings. The number of ketones is 1. The molecule has 43 heavy (non-hydrogen) atoms. The Kier molecular flexibility index (Phi) is 9.22. The Morgan fingerprint density at radius 1 is 0.977 bits per heavy atom. The number of benzene rings is 3. The minimum atomic E-state index is -0.841. The van der Waals surface area contributed by atoms with E-state index in [9.17, 15) is 23.6 Å². The van der Waals surface area contributed by atoms with E-state index >= 15 is 0 Å². The summed E-state index contributed by atoms with van der Waals surface area (Å²) in [7, 11) is 0. The van der Waals surface area contributed by atoms with Gasteiger partial charge in [0.15, 0.2) is 17.3 Å². The number of amides is 1. The number of nitrogen functional groups attached to an aromatic ring is 1. The molecule has 1 saturated heterocycles. The van der Waals surface area contributed by atoms with E-state index in [0.717, 1.165) is 17.0 Å². The molecule has 0 aromatic heterocycles. The molecule has 0 aliphatic carbocycles. The molecule has 0 saturated carbocycles. The van der Waals surface area contributed by atoms with Gasteiger partial charge in [0, 0.05) is 47.3 Å². The molecule has 2 aliphatic rings. The first-order valence-corrected chi connectivity index (χ1v) is 15.0. The second-order valence-corrected chi connectivity index (χ2v) is 11.1. The number of nitrogens with two attached hydrogens (primary N) is 1. The van der Waals surface area contributed by atoms with Crippen molar-refractivity contribution < 1.29 is 33.0 Å². The van der Waals surface area contributed by atoms with Gasteiger partial charge in [-0.15, -0.1) is 11.8 Å². The van der Waals surface area contributed by atoms with Gasteiger partial charge in [-0.05, 0) is 86.8 Å². The van der Waals surface area contributed by atoms with Crippen LogP contribution in [0.1, 0.15) is 33.6 Å². The number of hydrogen-bond acceptors (Lipinski definition) is 9. The lowest BCUT2D eigenvalue weighted by atomic mass is 9.89. The zero-order chi connectivity index (χ0) is 30.5. The third kappa shape index (κ3) is 6.95. The van der Waals surface area contributed by atoms with Gasteiger partial charge >= 0.3 is 11.9 Å². The van der Waals surface area contributed by atoms with Gasteiger partial charge in [-0.25, -0.2) is 14.0 Å². The maximum atomic E-state index is 14.1. The predicted octanol–water partition coefficient (Wildman–Crippen LogP) is 4.75. The monoisotopic (exact) mass is 603 g/mol. The van der Waals surface area contributed by atoms with Crippen molar-refractivity contribution in [1.82, 2.24) is 4.90 Å². The second kappa shape index (κ2) is 13.2. The highest BCUT2D eigenvalue weighted by atomic mass is 32.2. The lowest BCUT2D eigenvalue weighted by molar-refractivity contribution is -0.133. The molecule has 0 bridgehead atoms. The Morgan fingerprint density at radius 3 is 2.33 bits per heavy atom. The fraction of sp³-hybridized carbons (Fsp3) is 0.250. The number of likely N-dealkylation sites (tertiary alicyclic amines) is 1. The highest BCUT2D eigenvalue weighted by molar-refractivity contribution is 7.98. The molecule has 222 valence electrons. The number of hydrogen-bond donors (Lipinski definition) is 1. The van der Waals surface area contributed by atoms with E-state index in [0.29, 0.717) is 50.3 Å². The molecular weight excluding hydrogens is 573 g/mol. The van der Waals surface area contributed by atoms with Crippen molar-refractivity contribution in [3.05, 3.63) is 89.8 Å².